The maximum Gasteiger partial charge on any atom is 0.179 e. The third-order valence-corrected chi connectivity index (χ3v) is 4.10. The molecule has 0 bridgehead atoms. The molecule has 0 aromatic carbocycles. The van der Waals surface area contributed by atoms with Gasteiger partial charge < -0.3 is 10.7 Å². The average Bonchev–Trinajstić information content (AvgIpc) is 3.04. The number of nitrogens with two attached hydrogens (primary N) is 1. The molecule has 1 fully saturated rings. The predicted octanol–water partition coefficient (Wildman–Crippen LogP) is 1.59. The highest BCUT2D eigenvalue weighted by atomic mass is 15.3. The average molecular weight is 256 g/mol. The first-order valence-electron chi connectivity index (χ1n) is 6.75. The summed E-state index contributed by atoms with van der Waals surface area (Å²) in [5.74, 6) is 1.50. The molecule has 3 heterocycles. The first-order chi connectivity index (χ1) is 9.33. The van der Waals surface area contributed by atoms with Crippen molar-refractivity contribution in [3.8, 4) is 0 Å². The first-order valence-corrected chi connectivity index (χ1v) is 6.75. The van der Waals surface area contributed by atoms with Crippen LogP contribution >= 0.6 is 0 Å². The van der Waals surface area contributed by atoms with Gasteiger partial charge in [-0.05, 0) is 31.7 Å². The summed E-state index contributed by atoms with van der Waals surface area (Å²) in [5, 5.41) is 8.64. The fraction of sp³-hybridized carbons (Fsp3) is 0.462. The van der Waals surface area contributed by atoms with Gasteiger partial charge in [0.1, 0.15) is 5.82 Å². The highest BCUT2D eigenvalue weighted by Crippen LogP contribution is 2.32. The molecule has 1 aliphatic carbocycles. The van der Waals surface area contributed by atoms with Crippen LogP contribution in [0.15, 0.2) is 18.5 Å². The van der Waals surface area contributed by atoms with Crippen LogP contribution in [0, 0.1) is 0 Å². The van der Waals surface area contributed by atoms with Crippen molar-refractivity contribution in [2.45, 2.75) is 37.6 Å². The second-order valence-electron chi connectivity index (χ2n) is 5.33. The van der Waals surface area contributed by atoms with Gasteiger partial charge in [0.15, 0.2) is 11.3 Å². The molecule has 0 saturated heterocycles. The van der Waals surface area contributed by atoms with Gasteiger partial charge in [-0.3, -0.25) is 4.40 Å². The highest BCUT2D eigenvalue weighted by molar-refractivity contribution is 5.74. The Hall–Kier alpha value is -1.95. The van der Waals surface area contributed by atoms with Crippen molar-refractivity contribution in [1.29, 1.82) is 0 Å². The Morgan fingerprint density at radius 3 is 2.89 bits per heavy atom. The molecule has 3 aromatic rings. The number of fused-ring (bicyclic) bond motifs is 3. The molecule has 0 amide bonds. The van der Waals surface area contributed by atoms with Crippen LogP contribution in [-0.2, 0) is 0 Å². The summed E-state index contributed by atoms with van der Waals surface area (Å²) in [6.07, 6.45) is 8.00. The summed E-state index contributed by atoms with van der Waals surface area (Å²) in [6.45, 7) is 0. The van der Waals surface area contributed by atoms with E-state index >= 15 is 0 Å². The smallest absolute Gasteiger partial charge is 0.179 e. The molecule has 6 heteroatoms. The van der Waals surface area contributed by atoms with Gasteiger partial charge >= 0.3 is 0 Å². The number of hydrogen-bond donors (Lipinski definition) is 2. The minimum Gasteiger partial charge on any atom is -0.345 e. The summed E-state index contributed by atoms with van der Waals surface area (Å²) in [7, 11) is 0. The minimum absolute atomic E-state index is 0.351. The molecule has 0 aliphatic heterocycles. The number of nitrogens with zero attached hydrogens (tertiary/aromatic N) is 4. The molecular weight excluding hydrogens is 240 g/mol. The van der Waals surface area contributed by atoms with E-state index in [2.05, 4.69) is 24.6 Å². The molecule has 98 valence electrons. The molecule has 19 heavy (non-hydrogen) atoms. The molecule has 0 radical (unpaired) electrons. The van der Waals surface area contributed by atoms with E-state index in [1.807, 2.05) is 12.3 Å². The maximum absolute atomic E-state index is 5.98. The lowest BCUT2D eigenvalue weighted by Gasteiger charge is -2.24. The first kappa shape index (κ1) is 10.9. The minimum atomic E-state index is 0.351. The molecule has 1 aliphatic rings. The molecule has 0 unspecified atom stereocenters. The van der Waals surface area contributed by atoms with E-state index in [-0.39, 0.29) is 0 Å². The molecule has 6 nitrogen and oxygen atoms in total. The predicted molar refractivity (Wildman–Crippen MR) is 71.8 cm³/mol. The van der Waals surface area contributed by atoms with Crippen molar-refractivity contribution in [2.24, 2.45) is 5.73 Å². The zero-order valence-electron chi connectivity index (χ0n) is 10.6. The zero-order chi connectivity index (χ0) is 12.8. The lowest BCUT2D eigenvalue weighted by molar-refractivity contribution is 0.384. The quantitative estimate of drug-likeness (QED) is 0.692. The van der Waals surface area contributed by atoms with Crippen molar-refractivity contribution in [3.63, 3.8) is 0 Å². The van der Waals surface area contributed by atoms with Crippen LogP contribution in [0.3, 0.4) is 0 Å². The third-order valence-electron chi connectivity index (χ3n) is 4.10. The van der Waals surface area contributed by atoms with Crippen LogP contribution in [-0.4, -0.2) is 30.6 Å². The Morgan fingerprint density at radius 2 is 2.05 bits per heavy atom. The standard InChI is InChI=1S/C13H16N6/c14-9-3-1-8(2-4-9)13-18-17-11-7-16-12-10(19(11)13)5-6-15-12/h5-9,15H,1-4,14H2. The van der Waals surface area contributed by atoms with E-state index < -0.39 is 0 Å². The number of aromatic amines is 1. The summed E-state index contributed by atoms with van der Waals surface area (Å²) in [6, 6.07) is 2.38. The Bertz CT molecular complexity index is 719. The fourth-order valence-electron chi connectivity index (χ4n) is 3.04. The lowest BCUT2D eigenvalue weighted by atomic mass is 9.86. The summed E-state index contributed by atoms with van der Waals surface area (Å²) in [4.78, 5) is 7.47. The Morgan fingerprint density at radius 1 is 1.21 bits per heavy atom. The van der Waals surface area contributed by atoms with Gasteiger partial charge in [-0.25, -0.2) is 4.98 Å². The molecule has 4 rings (SSSR count). The number of hydrogen-bond acceptors (Lipinski definition) is 4. The lowest BCUT2D eigenvalue weighted by Crippen LogP contribution is -2.26. The largest absolute Gasteiger partial charge is 0.345 e. The molecule has 3 aromatic heterocycles. The molecule has 0 spiro atoms. The van der Waals surface area contributed by atoms with Crippen molar-refractivity contribution >= 4 is 16.8 Å². The van der Waals surface area contributed by atoms with Gasteiger partial charge in [0.25, 0.3) is 0 Å². The van der Waals surface area contributed by atoms with E-state index in [9.17, 15) is 0 Å². The fourth-order valence-corrected chi connectivity index (χ4v) is 3.04. The molecule has 1 saturated carbocycles. The zero-order valence-corrected chi connectivity index (χ0v) is 10.6. The molecule has 0 atom stereocenters. The van der Waals surface area contributed by atoms with Gasteiger partial charge in [-0.2, -0.15) is 0 Å². The van der Waals surface area contributed by atoms with Crippen LogP contribution in [0.4, 0.5) is 0 Å². The Balaban J connectivity index is 1.87. The van der Waals surface area contributed by atoms with Crippen LogP contribution in [0.5, 0.6) is 0 Å². The maximum atomic E-state index is 5.98. The SMILES string of the molecule is NC1CCC(c2nnc3cnc4[nH]ccc4n23)CC1. The third kappa shape index (κ3) is 1.63. The van der Waals surface area contributed by atoms with Gasteiger partial charge in [0.2, 0.25) is 0 Å². The summed E-state index contributed by atoms with van der Waals surface area (Å²) < 4.78 is 2.13. The van der Waals surface area contributed by atoms with Crippen LogP contribution in [0.1, 0.15) is 37.4 Å². The Kier molecular flexibility index (Phi) is 2.32. The second kappa shape index (κ2) is 4.03. The van der Waals surface area contributed by atoms with E-state index in [0.717, 1.165) is 48.3 Å². The van der Waals surface area contributed by atoms with Gasteiger partial charge in [-0.15, -0.1) is 10.2 Å². The second-order valence-corrected chi connectivity index (χ2v) is 5.33. The van der Waals surface area contributed by atoms with Crippen LogP contribution in [0.2, 0.25) is 0 Å². The van der Waals surface area contributed by atoms with Crippen molar-refractivity contribution < 1.29 is 0 Å². The molecular formula is C13H16N6. The normalized spacial score (nSPS) is 24.3. The highest BCUT2D eigenvalue weighted by Gasteiger charge is 2.24. The summed E-state index contributed by atoms with van der Waals surface area (Å²) >= 11 is 0. The number of nitrogens with one attached hydrogen (secondary N) is 1. The van der Waals surface area contributed by atoms with Gasteiger partial charge in [0, 0.05) is 18.2 Å². The summed E-state index contributed by atoms with van der Waals surface area (Å²) in [5.41, 5.74) is 8.72. The van der Waals surface area contributed by atoms with E-state index in [4.69, 9.17) is 5.73 Å². The van der Waals surface area contributed by atoms with Crippen LogP contribution < -0.4 is 5.73 Å². The van der Waals surface area contributed by atoms with E-state index in [1.54, 1.807) is 6.20 Å². The number of rotatable bonds is 1. The van der Waals surface area contributed by atoms with E-state index in [1.165, 1.54) is 0 Å². The Labute approximate surface area is 110 Å². The monoisotopic (exact) mass is 256 g/mol. The van der Waals surface area contributed by atoms with Crippen molar-refractivity contribution in [1.82, 2.24) is 24.6 Å². The molecule has 3 N–H and O–H groups in total. The number of H-pyrrole nitrogens is 1. The van der Waals surface area contributed by atoms with Crippen LogP contribution in [0.25, 0.3) is 16.8 Å². The number of aromatic nitrogens is 5. The topological polar surface area (TPSA) is 84.9 Å². The van der Waals surface area contributed by atoms with Crippen molar-refractivity contribution in [2.75, 3.05) is 0 Å². The van der Waals surface area contributed by atoms with Crippen molar-refractivity contribution in [3.05, 3.63) is 24.3 Å². The van der Waals surface area contributed by atoms with Gasteiger partial charge in [-0.1, -0.05) is 0 Å². The van der Waals surface area contributed by atoms with E-state index in [0.29, 0.717) is 12.0 Å². The van der Waals surface area contributed by atoms with Gasteiger partial charge in [0.05, 0.1) is 11.7 Å².